The van der Waals surface area contributed by atoms with Gasteiger partial charge in [0.2, 0.25) is 0 Å². The van der Waals surface area contributed by atoms with E-state index in [-0.39, 0.29) is 0 Å². The summed E-state index contributed by atoms with van der Waals surface area (Å²) in [5, 5.41) is 3.24. The maximum absolute atomic E-state index is 11.9. The second kappa shape index (κ2) is 18.0. The molecule has 35 heavy (non-hydrogen) atoms. The highest BCUT2D eigenvalue weighted by molar-refractivity contribution is 7.87. The van der Waals surface area contributed by atoms with Crippen LogP contribution in [0.4, 0.5) is 11.4 Å². The van der Waals surface area contributed by atoms with E-state index in [1.54, 1.807) is 12.1 Å². The second-order valence-corrected chi connectivity index (χ2v) is 11.7. The van der Waals surface area contributed by atoms with Gasteiger partial charge in [-0.25, -0.2) is 4.31 Å². The van der Waals surface area contributed by atoms with Gasteiger partial charge in [-0.3, -0.25) is 4.55 Å². The van der Waals surface area contributed by atoms with Gasteiger partial charge in [0, 0.05) is 0 Å². The third-order valence-electron chi connectivity index (χ3n) is 7.33. The number of hydrogen-bond donors (Lipinski definition) is 2. The highest BCUT2D eigenvalue weighted by Gasteiger charge is 2.35. The number of fused-ring (bicyclic) bond motifs is 1. The SMILES string of the molecule is CCCCCCCCCCCCCCCCCCCCCCC1Nc2ccccc2N1S(=O)(=O)O. The average Bonchev–Trinajstić information content (AvgIpc) is 3.21. The van der Waals surface area contributed by atoms with Gasteiger partial charge in [0.05, 0.1) is 11.4 Å². The first-order valence-corrected chi connectivity index (χ1v) is 16.1. The average molecular weight is 509 g/mol. The minimum atomic E-state index is -4.27. The van der Waals surface area contributed by atoms with Gasteiger partial charge in [0.25, 0.3) is 0 Å². The first-order chi connectivity index (χ1) is 17.0. The van der Waals surface area contributed by atoms with Gasteiger partial charge < -0.3 is 5.32 Å². The molecule has 2 rings (SSSR count). The van der Waals surface area contributed by atoms with Crippen LogP contribution >= 0.6 is 0 Å². The molecular formula is C29H52N2O3S. The lowest BCUT2D eigenvalue weighted by Gasteiger charge is -2.23. The molecule has 1 aromatic rings. The fourth-order valence-electron chi connectivity index (χ4n) is 5.26. The molecule has 1 unspecified atom stereocenters. The van der Waals surface area contributed by atoms with E-state index in [2.05, 4.69) is 12.2 Å². The Morgan fingerprint density at radius 3 is 1.51 bits per heavy atom. The zero-order valence-electron chi connectivity index (χ0n) is 22.4. The molecule has 6 heteroatoms. The van der Waals surface area contributed by atoms with Crippen LogP contribution in [0.25, 0.3) is 0 Å². The molecule has 1 aliphatic heterocycles. The number of hydrogen-bond acceptors (Lipinski definition) is 3. The van der Waals surface area contributed by atoms with E-state index in [1.807, 2.05) is 12.1 Å². The Kier molecular flexibility index (Phi) is 15.4. The normalized spacial score (nSPS) is 15.4. The van der Waals surface area contributed by atoms with E-state index >= 15 is 0 Å². The van der Waals surface area contributed by atoms with Gasteiger partial charge in [0.15, 0.2) is 0 Å². The Morgan fingerprint density at radius 1 is 0.686 bits per heavy atom. The number of unbranched alkanes of at least 4 members (excludes halogenated alkanes) is 19. The summed E-state index contributed by atoms with van der Waals surface area (Å²) in [5.41, 5.74) is 1.30. The van der Waals surface area contributed by atoms with Gasteiger partial charge in [0.1, 0.15) is 6.17 Å². The van der Waals surface area contributed by atoms with Crippen LogP contribution in [0.2, 0.25) is 0 Å². The molecule has 1 aromatic carbocycles. The minimum absolute atomic E-state index is 0.391. The molecule has 0 saturated carbocycles. The van der Waals surface area contributed by atoms with Crippen molar-refractivity contribution < 1.29 is 13.0 Å². The molecule has 0 aromatic heterocycles. The van der Waals surface area contributed by atoms with Crippen LogP contribution < -0.4 is 9.62 Å². The number of anilines is 2. The molecule has 1 aliphatic rings. The van der Waals surface area contributed by atoms with Crippen LogP contribution in [0.5, 0.6) is 0 Å². The van der Waals surface area contributed by atoms with Crippen molar-refractivity contribution in [1.29, 1.82) is 0 Å². The molecule has 2 N–H and O–H groups in total. The van der Waals surface area contributed by atoms with E-state index in [9.17, 15) is 13.0 Å². The molecule has 202 valence electrons. The van der Waals surface area contributed by atoms with Crippen LogP contribution in [0.15, 0.2) is 24.3 Å². The lowest BCUT2D eigenvalue weighted by Crippen LogP contribution is -2.40. The smallest absolute Gasteiger partial charge is 0.361 e. The van der Waals surface area contributed by atoms with Crippen molar-refractivity contribution in [3.8, 4) is 0 Å². The Hall–Kier alpha value is -1.27. The van der Waals surface area contributed by atoms with Crippen LogP contribution in [0.3, 0.4) is 0 Å². The predicted octanol–water partition coefficient (Wildman–Crippen LogP) is 9.26. The third-order valence-corrected chi connectivity index (χ3v) is 8.27. The van der Waals surface area contributed by atoms with Crippen molar-refractivity contribution in [2.24, 2.45) is 0 Å². The summed E-state index contributed by atoms with van der Waals surface area (Å²) >= 11 is 0. The standard InChI is InChI=1S/C29H52N2O3S/c1-2-3-4-5-6-7-8-9-10-11-12-13-14-15-16-17-18-19-20-21-26-29-30-27-24-22-23-25-28(27)31(29)35(32,33)34/h22-25,29-30H,2-21,26H2,1H3,(H,32,33,34). The fraction of sp³-hybridized carbons (Fsp3) is 0.793. The number of rotatable bonds is 22. The Bertz CT molecular complexity index is 769. The maximum atomic E-state index is 11.9. The van der Waals surface area contributed by atoms with Crippen molar-refractivity contribution >= 4 is 21.7 Å². The topological polar surface area (TPSA) is 69.6 Å². The van der Waals surface area contributed by atoms with E-state index < -0.39 is 16.5 Å². The van der Waals surface area contributed by atoms with Gasteiger partial charge in [-0.05, 0) is 25.0 Å². The van der Waals surface area contributed by atoms with Crippen molar-refractivity contribution in [2.45, 2.75) is 148 Å². The van der Waals surface area contributed by atoms with Gasteiger partial charge in [-0.1, -0.05) is 141 Å². The summed E-state index contributed by atoms with van der Waals surface area (Å²) in [4.78, 5) is 0. The summed E-state index contributed by atoms with van der Waals surface area (Å²) in [5.74, 6) is 0. The summed E-state index contributed by atoms with van der Waals surface area (Å²) < 4.78 is 34.5. The Labute approximate surface area is 216 Å². The lowest BCUT2D eigenvalue weighted by molar-refractivity contribution is 0.467. The zero-order valence-corrected chi connectivity index (χ0v) is 23.2. The van der Waals surface area contributed by atoms with Gasteiger partial charge in [-0.15, -0.1) is 0 Å². The summed E-state index contributed by atoms with van der Waals surface area (Å²) in [7, 11) is -4.27. The Balaban J connectivity index is 1.36. The van der Waals surface area contributed by atoms with Crippen molar-refractivity contribution in [2.75, 3.05) is 9.62 Å². The first-order valence-electron chi connectivity index (χ1n) is 14.7. The van der Waals surface area contributed by atoms with Crippen LogP contribution in [-0.4, -0.2) is 19.1 Å². The molecule has 0 aliphatic carbocycles. The second-order valence-electron chi connectivity index (χ2n) is 10.5. The molecule has 0 fully saturated rings. The van der Waals surface area contributed by atoms with Crippen molar-refractivity contribution in [3.63, 3.8) is 0 Å². The number of para-hydroxylation sites is 2. The van der Waals surface area contributed by atoms with E-state index in [0.717, 1.165) is 22.8 Å². The largest absolute Gasteiger partial charge is 0.363 e. The highest BCUT2D eigenvalue weighted by Crippen LogP contribution is 2.37. The molecule has 0 saturated heterocycles. The molecule has 1 heterocycles. The quantitative estimate of drug-likeness (QED) is 0.121. The molecule has 1 atom stereocenters. The summed E-state index contributed by atoms with van der Waals surface area (Å²) in [6.07, 6.45) is 27.3. The summed E-state index contributed by atoms with van der Waals surface area (Å²) in [6, 6.07) is 7.24. The molecule has 5 nitrogen and oxygen atoms in total. The van der Waals surface area contributed by atoms with Gasteiger partial charge in [-0.2, -0.15) is 8.42 Å². The van der Waals surface area contributed by atoms with E-state index in [4.69, 9.17) is 0 Å². The predicted molar refractivity (Wildman–Crippen MR) is 151 cm³/mol. The monoisotopic (exact) mass is 508 g/mol. The highest BCUT2D eigenvalue weighted by atomic mass is 32.2. The zero-order chi connectivity index (χ0) is 25.2. The Morgan fingerprint density at radius 2 is 1.09 bits per heavy atom. The maximum Gasteiger partial charge on any atom is 0.361 e. The fourth-order valence-corrected chi connectivity index (χ4v) is 6.15. The van der Waals surface area contributed by atoms with Crippen molar-refractivity contribution in [1.82, 2.24) is 0 Å². The van der Waals surface area contributed by atoms with E-state index in [0.29, 0.717) is 12.1 Å². The first kappa shape index (κ1) is 30.0. The number of nitrogens with one attached hydrogen (secondary N) is 1. The minimum Gasteiger partial charge on any atom is -0.363 e. The van der Waals surface area contributed by atoms with Crippen LogP contribution in [0.1, 0.15) is 142 Å². The van der Waals surface area contributed by atoms with Crippen LogP contribution in [-0.2, 0) is 10.3 Å². The molecular weight excluding hydrogens is 456 g/mol. The molecule has 0 bridgehead atoms. The molecule has 0 spiro atoms. The molecule has 0 radical (unpaired) electrons. The third kappa shape index (κ3) is 12.5. The van der Waals surface area contributed by atoms with Crippen molar-refractivity contribution in [3.05, 3.63) is 24.3 Å². The van der Waals surface area contributed by atoms with Gasteiger partial charge >= 0.3 is 10.3 Å². The number of benzene rings is 1. The van der Waals surface area contributed by atoms with Crippen LogP contribution in [0, 0.1) is 0 Å². The molecule has 0 amide bonds. The van der Waals surface area contributed by atoms with E-state index in [1.165, 1.54) is 116 Å². The number of nitrogens with zero attached hydrogens (tertiary/aromatic N) is 1. The lowest BCUT2D eigenvalue weighted by atomic mass is 10.0. The summed E-state index contributed by atoms with van der Waals surface area (Å²) in [6.45, 7) is 2.28.